The zero-order valence-corrected chi connectivity index (χ0v) is 12.0. The van der Waals surface area contributed by atoms with E-state index in [4.69, 9.17) is 5.73 Å². The third kappa shape index (κ3) is 4.78. The van der Waals surface area contributed by atoms with Crippen LogP contribution >= 0.6 is 0 Å². The summed E-state index contributed by atoms with van der Waals surface area (Å²) >= 11 is 0. The summed E-state index contributed by atoms with van der Waals surface area (Å²) in [7, 11) is -3.79. The lowest BCUT2D eigenvalue weighted by Crippen LogP contribution is -2.31. The SMILES string of the molecule is CCCNC(=O)CCNS(=O)(=O)c1ccc(F)c(N)c1. The largest absolute Gasteiger partial charge is 0.396 e. The number of sulfonamides is 1. The second-order valence-electron chi connectivity index (χ2n) is 4.18. The van der Waals surface area contributed by atoms with E-state index < -0.39 is 15.8 Å². The number of anilines is 1. The number of nitrogen functional groups attached to an aromatic ring is 1. The Bertz CT molecular complexity index is 575. The molecular formula is C12H18FN3O3S. The van der Waals surface area contributed by atoms with Crippen LogP contribution in [0.2, 0.25) is 0 Å². The van der Waals surface area contributed by atoms with Crippen molar-refractivity contribution in [3.05, 3.63) is 24.0 Å². The highest BCUT2D eigenvalue weighted by molar-refractivity contribution is 7.89. The third-order valence-corrected chi connectivity index (χ3v) is 3.95. The lowest BCUT2D eigenvalue weighted by atomic mass is 10.3. The molecule has 0 aliphatic heterocycles. The van der Waals surface area contributed by atoms with E-state index in [9.17, 15) is 17.6 Å². The molecule has 1 aromatic carbocycles. The van der Waals surface area contributed by atoms with Gasteiger partial charge in [0.25, 0.3) is 0 Å². The molecule has 0 unspecified atom stereocenters. The van der Waals surface area contributed by atoms with E-state index in [1.54, 1.807) is 0 Å². The summed E-state index contributed by atoms with van der Waals surface area (Å²) in [5, 5.41) is 2.63. The molecule has 6 nitrogen and oxygen atoms in total. The number of nitrogens with two attached hydrogens (primary N) is 1. The molecule has 0 saturated carbocycles. The number of benzene rings is 1. The molecule has 1 rings (SSSR count). The Hall–Kier alpha value is -1.67. The predicted octanol–water partition coefficient (Wildman–Crippen LogP) is 0.603. The molecule has 0 spiro atoms. The topological polar surface area (TPSA) is 101 Å². The Morgan fingerprint density at radius 3 is 2.65 bits per heavy atom. The van der Waals surface area contributed by atoms with Gasteiger partial charge in [0, 0.05) is 19.5 Å². The molecule has 0 aromatic heterocycles. The fourth-order valence-electron chi connectivity index (χ4n) is 1.42. The molecule has 1 amide bonds. The molecule has 0 bridgehead atoms. The minimum atomic E-state index is -3.79. The van der Waals surface area contributed by atoms with E-state index in [0.717, 1.165) is 24.6 Å². The van der Waals surface area contributed by atoms with Crippen molar-refractivity contribution in [2.75, 3.05) is 18.8 Å². The van der Waals surface area contributed by atoms with Crippen LogP contribution in [0.4, 0.5) is 10.1 Å². The number of halogens is 1. The van der Waals surface area contributed by atoms with Crippen molar-refractivity contribution in [2.45, 2.75) is 24.7 Å². The van der Waals surface area contributed by atoms with Crippen LogP contribution in [-0.2, 0) is 14.8 Å². The molecule has 20 heavy (non-hydrogen) atoms. The van der Waals surface area contributed by atoms with Gasteiger partial charge >= 0.3 is 0 Å². The van der Waals surface area contributed by atoms with Crippen LogP contribution in [0.1, 0.15) is 19.8 Å². The van der Waals surface area contributed by atoms with Gasteiger partial charge in [-0.15, -0.1) is 0 Å². The van der Waals surface area contributed by atoms with Gasteiger partial charge in [0.2, 0.25) is 15.9 Å². The van der Waals surface area contributed by atoms with Gasteiger partial charge in [-0.25, -0.2) is 17.5 Å². The third-order valence-electron chi connectivity index (χ3n) is 2.49. The molecule has 0 atom stereocenters. The van der Waals surface area contributed by atoms with Crippen LogP contribution in [-0.4, -0.2) is 27.4 Å². The summed E-state index contributed by atoms with van der Waals surface area (Å²) < 4.78 is 39.0. The van der Waals surface area contributed by atoms with Crippen LogP contribution in [0, 0.1) is 5.82 Å². The Balaban J connectivity index is 2.57. The first-order valence-corrected chi connectivity index (χ1v) is 7.66. The van der Waals surface area contributed by atoms with Crippen LogP contribution in [0.15, 0.2) is 23.1 Å². The highest BCUT2D eigenvalue weighted by Gasteiger charge is 2.15. The lowest BCUT2D eigenvalue weighted by Gasteiger charge is -2.08. The van der Waals surface area contributed by atoms with Gasteiger partial charge in [0.05, 0.1) is 10.6 Å². The zero-order valence-electron chi connectivity index (χ0n) is 11.1. The van der Waals surface area contributed by atoms with Gasteiger partial charge in [-0.2, -0.15) is 0 Å². The summed E-state index contributed by atoms with van der Waals surface area (Å²) in [5.41, 5.74) is 5.08. The maximum absolute atomic E-state index is 13.0. The van der Waals surface area contributed by atoms with Gasteiger partial charge in [0.1, 0.15) is 5.82 Å². The maximum Gasteiger partial charge on any atom is 0.240 e. The fraction of sp³-hybridized carbons (Fsp3) is 0.417. The van der Waals surface area contributed by atoms with Crippen molar-refractivity contribution in [3.63, 3.8) is 0 Å². The highest BCUT2D eigenvalue weighted by Crippen LogP contribution is 2.16. The molecule has 0 radical (unpaired) electrons. The minimum Gasteiger partial charge on any atom is -0.396 e. The average Bonchev–Trinajstić information content (AvgIpc) is 2.39. The van der Waals surface area contributed by atoms with Crippen molar-refractivity contribution in [1.82, 2.24) is 10.0 Å². The first-order chi connectivity index (χ1) is 9.36. The van der Waals surface area contributed by atoms with E-state index in [1.807, 2.05) is 6.92 Å². The summed E-state index contributed by atoms with van der Waals surface area (Å²) in [6.45, 7) is 2.44. The average molecular weight is 303 g/mol. The van der Waals surface area contributed by atoms with E-state index in [2.05, 4.69) is 10.0 Å². The van der Waals surface area contributed by atoms with Gasteiger partial charge in [-0.3, -0.25) is 4.79 Å². The molecule has 0 saturated heterocycles. The highest BCUT2D eigenvalue weighted by atomic mass is 32.2. The summed E-state index contributed by atoms with van der Waals surface area (Å²) in [5.74, 6) is -0.906. The summed E-state index contributed by atoms with van der Waals surface area (Å²) in [4.78, 5) is 11.2. The molecule has 0 heterocycles. The maximum atomic E-state index is 13.0. The minimum absolute atomic E-state index is 0.0326. The van der Waals surface area contributed by atoms with Crippen molar-refractivity contribution >= 4 is 21.6 Å². The van der Waals surface area contributed by atoms with Crippen molar-refractivity contribution in [1.29, 1.82) is 0 Å². The smallest absolute Gasteiger partial charge is 0.240 e. The zero-order chi connectivity index (χ0) is 15.2. The number of amides is 1. The Labute approximate surface area is 117 Å². The lowest BCUT2D eigenvalue weighted by molar-refractivity contribution is -0.120. The van der Waals surface area contributed by atoms with Crippen molar-refractivity contribution in [3.8, 4) is 0 Å². The van der Waals surface area contributed by atoms with Crippen LogP contribution in [0.3, 0.4) is 0 Å². The number of hydrogen-bond acceptors (Lipinski definition) is 4. The number of rotatable bonds is 7. The normalized spacial score (nSPS) is 11.3. The molecule has 8 heteroatoms. The van der Waals surface area contributed by atoms with Gasteiger partial charge < -0.3 is 11.1 Å². The molecule has 0 fully saturated rings. The molecule has 4 N–H and O–H groups in total. The summed E-state index contributed by atoms with van der Waals surface area (Å²) in [6.07, 6.45) is 0.849. The second kappa shape index (κ2) is 7.20. The van der Waals surface area contributed by atoms with Crippen molar-refractivity contribution < 1.29 is 17.6 Å². The number of carbonyl (C=O) groups excluding carboxylic acids is 1. The summed E-state index contributed by atoms with van der Waals surface area (Å²) in [6, 6.07) is 3.14. The van der Waals surface area contributed by atoms with Crippen LogP contribution < -0.4 is 15.8 Å². The standard InChI is InChI=1S/C12H18FN3O3S/c1-2-6-15-12(17)5-7-16-20(18,19)9-3-4-10(13)11(14)8-9/h3-4,8,16H,2,5-7,14H2,1H3,(H,15,17). The van der Waals surface area contributed by atoms with Crippen LogP contribution in [0.25, 0.3) is 0 Å². The second-order valence-corrected chi connectivity index (χ2v) is 5.95. The monoisotopic (exact) mass is 303 g/mol. The fourth-order valence-corrected chi connectivity index (χ4v) is 2.49. The van der Waals surface area contributed by atoms with E-state index in [0.29, 0.717) is 6.54 Å². The molecule has 0 aliphatic rings. The van der Waals surface area contributed by atoms with Crippen molar-refractivity contribution in [2.24, 2.45) is 0 Å². The number of carbonyl (C=O) groups is 1. The first-order valence-electron chi connectivity index (χ1n) is 6.18. The number of nitrogens with one attached hydrogen (secondary N) is 2. The molecule has 1 aromatic rings. The van der Waals surface area contributed by atoms with E-state index in [1.165, 1.54) is 0 Å². The Morgan fingerprint density at radius 2 is 2.05 bits per heavy atom. The Morgan fingerprint density at radius 1 is 1.35 bits per heavy atom. The quantitative estimate of drug-likeness (QED) is 0.642. The first kappa shape index (κ1) is 16.4. The molecule has 0 aliphatic carbocycles. The van der Waals surface area contributed by atoms with E-state index >= 15 is 0 Å². The predicted molar refractivity (Wildman–Crippen MR) is 73.9 cm³/mol. The van der Waals surface area contributed by atoms with Gasteiger partial charge in [-0.1, -0.05) is 6.92 Å². The van der Waals surface area contributed by atoms with E-state index in [-0.39, 0.29) is 29.5 Å². The molecular weight excluding hydrogens is 285 g/mol. The van der Waals surface area contributed by atoms with Gasteiger partial charge in [0.15, 0.2) is 0 Å². The van der Waals surface area contributed by atoms with Gasteiger partial charge in [-0.05, 0) is 24.6 Å². The Kier molecular flexibility index (Phi) is 5.90. The number of hydrogen-bond donors (Lipinski definition) is 3. The van der Waals surface area contributed by atoms with Crippen LogP contribution in [0.5, 0.6) is 0 Å². The molecule has 112 valence electrons.